The smallest absolute Gasteiger partial charge is 0.337 e. The van der Waals surface area contributed by atoms with E-state index in [-0.39, 0.29) is 11.3 Å². The minimum absolute atomic E-state index is 0.123. The number of ether oxygens (including phenoxy) is 1. The molecule has 0 spiro atoms. The van der Waals surface area contributed by atoms with Crippen molar-refractivity contribution < 1.29 is 14.6 Å². The second-order valence-electron chi connectivity index (χ2n) is 4.64. The van der Waals surface area contributed by atoms with Crippen molar-refractivity contribution in [2.45, 2.75) is 25.8 Å². The highest BCUT2D eigenvalue weighted by atomic mass is 16.5. The highest BCUT2D eigenvalue weighted by Crippen LogP contribution is 2.16. The molecule has 6 heteroatoms. The lowest BCUT2D eigenvalue weighted by Gasteiger charge is -2.04. The molecule has 0 unspecified atom stereocenters. The number of carbonyl (C=O) groups is 1. The first-order valence-electron chi connectivity index (χ1n) is 6.59. The van der Waals surface area contributed by atoms with Gasteiger partial charge in [-0.3, -0.25) is 4.57 Å². The molecule has 0 atom stereocenters. The number of aromatic amines is 1. The molecule has 20 heavy (non-hydrogen) atoms. The Hall–Kier alpha value is -2.08. The van der Waals surface area contributed by atoms with Crippen LogP contribution in [0.3, 0.4) is 0 Å². The maximum absolute atomic E-state index is 11.9. The molecule has 108 valence electrons. The summed E-state index contributed by atoms with van der Waals surface area (Å²) in [5.74, 6) is -1.04. The molecule has 0 fully saturated rings. The molecule has 0 radical (unpaired) electrons. The molecule has 0 aliphatic rings. The molecule has 1 aromatic heterocycles. The molecular formula is C14H18N2O4. The van der Waals surface area contributed by atoms with Gasteiger partial charge in [-0.25, -0.2) is 9.59 Å². The summed E-state index contributed by atoms with van der Waals surface area (Å²) < 4.78 is 6.57. The Labute approximate surface area is 116 Å². The fourth-order valence-corrected chi connectivity index (χ4v) is 2.27. The molecule has 6 nitrogen and oxygen atoms in total. The SMILES string of the molecule is COCCCCCn1c(=O)[nH]c2c(C(=O)O)cccc21. The molecule has 0 bridgehead atoms. The number of carboxylic acid groups (broad SMARTS) is 1. The van der Waals surface area contributed by atoms with Gasteiger partial charge in [-0.2, -0.15) is 0 Å². The van der Waals surface area contributed by atoms with Crippen molar-refractivity contribution in [3.05, 3.63) is 34.2 Å². The molecule has 1 heterocycles. The minimum atomic E-state index is -1.04. The molecular weight excluding hydrogens is 260 g/mol. The number of benzene rings is 1. The zero-order valence-electron chi connectivity index (χ0n) is 11.4. The van der Waals surface area contributed by atoms with Crippen LogP contribution in [0.2, 0.25) is 0 Å². The molecule has 0 amide bonds. The number of unbranched alkanes of at least 4 members (excludes halogenated alkanes) is 2. The van der Waals surface area contributed by atoms with Gasteiger partial charge in [0.15, 0.2) is 0 Å². The van der Waals surface area contributed by atoms with Crippen LogP contribution in [-0.4, -0.2) is 34.3 Å². The second-order valence-corrected chi connectivity index (χ2v) is 4.64. The van der Waals surface area contributed by atoms with Crippen LogP contribution in [0.1, 0.15) is 29.6 Å². The second kappa shape index (κ2) is 6.38. The zero-order chi connectivity index (χ0) is 14.5. The number of carboxylic acids is 1. The molecule has 2 rings (SSSR count). The minimum Gasteiger partial charge on any atom is -0.478 e. The maximum Gasteiger partial charge on any atom is 0.337 e. The van der Waals surface area contributed by atoms with Crippen LogP contribution in [0.25, 0.3) is 11.0 Å². The highest BCUT2D eigenvalue weighted by Gasteiger charge is 2.13. The average Bonchev–Trinajstić information content (AvgIpc) is 2.74. The third kappa shape index (κ3) is 2.91. The van der Waals surface area contributed by atoms with Gasteiger partial charge in [0.2, 0.25) is 0 Å². The van der Waals surface area contributed by atoms with Crippen molar-refractivity contribution in [2.75, 3.05) is 13.7 Å². The number of H-pyrrole nitrogens is 1. The van der Waals surface area contributed by atoms with E-state index in [1.807, 2.05) is 0 Å². The molecule has 0 aliphatic carbocycles. The third-order valence-electron chi connectivity index (χ3n) is 3.27. The number of rotatable bonds is 7. The van der Waals surface area contributed by atoms with E-state index in [0.717, 1.165) is 19.3 Å². The Morgan fingerprint density at radius 3 is 2.85 bits per heavy atom. The fraction of sp³-hybridized carbons (Fsp3) is 0.429. The van der Waals surface area contributed by atoms with Gasteiger partial charge in [0.1, 0.15) is 0 Å². The standard InChI is InChI=1S/C14H18N2O4/c1-20-9-4-2-3-8-16-11-7-5-6-10(13(17)18)12(11)15-14(16)19/h5-7H,2-4,8-9H2,1H3,(H,15,19)(H,17,18). The summed E-state index contributed by atoms with van der Waals surface area (Å²) in [7, 11) is 1.66. The summed E-state index contributed by atoms with van der Waals surface area (Å²) in [6.45, 7) is 1.29. The van der Waals surface area contributed by atoms with Crippen LogP contribution < -0.4 is 5.69 Å². The first-order chi connectivity index (χ1) is 9.65. The first kappa shape index (κ1) is 14.3. The number of para-hydroxylation sites is 1. The topological polar surface area (TPSA) is 84.3 Å². The lowest BCUT2D eigenvalue weighted by molar-refractivity contribution is 0.0699. The normalized spacial score (nSPS) is 11.1. The number of aromatic nitrogens is 2. The average molecular weight is 278 g/mol. The monoisotopic (exact) mass is 278 g/mol. The number of methoxy groups -OCH3 is 1. The predicted octanol–water partition coefficient (Wildman–Crippen LogP) is 1.84. The van der Waals surface area contributed by atoms with Crippen molar-refractivity contribution in [1.82, 2.24) is 9.55 Å². The molecule has 2 aromatic rings. The number of fused-ring (bicyclic) bond motifs is 1. The summed E-state index contributed by atoms with van der Waals surface area (Å²) in [5.41, 5.74) is 0.890. The maximum atomic E-state index is 11.9. The van der Waals surface area contributed by atoms with Crippen LogP contribution in [0.5, 0.6) is 0 Å². The first-order valence-corrected chi connectivity index (χ1v) is 6.59. The summed E-state index contributed by atoms with van der Waals surface area (Å²) in [6.07, 6.45) is 2.77. The third-order valence-corrected chi connectivity index (χ3v) is 3.27. The Balaban J connectivity index is 2.21. The summed E-state index contributed by atoms with van der Waals surface area (Å²) in [4.78, 5) is 25.7. The van der Waals surface area contributed by atoms with Gasteiger partial charge in [0.05, 0.1) is 16.6 Å². The molecule has 0 saturated carbocycles. The van der Waals surface area contributed by atoms with Crippen LogP contribution in [0.15, 0.2) is 23.0 Å². The Morgan fingerprint density at radius 1 is 1.35 bits per heavy atom. The fourth-order valence-electron chi connectivity index (χ4n) is 2.27. The van der Waals surface area contributed by atoms with Gasteiger partial charge in [0.25, 0.3) is 0 Å². The van der Waals surface area contributed by atoms with Crippen molar-refractivity contribution in [3.63, 3.8) is 0 Å². The number of hydrogen-bond donors (Lipinski definition) is 2. The summed E-state index contributed by atoms with van der Waals surface area (Å²) in [6, 6.07) is 4.90. The number of aromatic carboxylic acids is 1. The van der Waals surface area contributed by atoms with Crippen LogP contribution in [0, 0.1) is 0 Å². The van der Waals surface area contributed by atoms with E-state index in [4.69, 9.17) is 9.84 Å². The van der Waals surface area contributed by atoms with E-state index < -0.39 is 5.97 Å². The van der Waals surface area contributed by atoms with Crippen molar-refractivity contribution in [1.29, 1.82) is 0 Å². The number of imidazole rings is 1. The zero-order valence-corrected chi connectivity index (χ0v) is 11.4. The number of hydrogen-bond acceptors (Lipinski definition) is 3. The molecule has 2 N–H and O–H groups in total. The molecule has 1 aromatic carbocycles. The van der Waals surface area contributed by atoms with E-state index in [0.29, 0.717) is 24.2 Å². The lowest BCUT2D eigenvalue weighted by Crippen LogP contribution is -2.16. The van der Waals surface area contributed by atoms with Gasteiger partial charge >= 0.3 is 11.7 Å². The molecule has 0 saturated heterocycles. The van der Waals surface area contributed by atoms with E-state index in [9.17, 15) is 9.59 Å². The Kier molecular flexibility index (Phi) is 4.57. The van der Waals surface area contributed by atoms with E-state index in [1.165, 1.54) is 6.07 Å². The summed E-state index contributed by atoms with van der Waals surface area (Å²) in [5, 5.41) is 9.11. The Morgan fingerprint density at radius 2 is 2.15 bits per heavy atom. The van der Waals surface area contributed by atoms with Crippen LogP contribution in [-0.2, 0) is 11.3 Å². The highest BCUT2D eigenvalue weighted by molar-refractivity contribution is 6.00. The van der Waals surface area contributed by atoms with Gasteiger partial charge in [0, 0.05) is 20.3 Å². The summed E-state index contributed by atoms with van der Waals surface area (Å²) >= 11 is 0. The Bertz CT molecular complexity index is 657. The van der Waals surface area contributed by atoms with Crippen molar-refractivity contribution in [3.8, 4) is 0 Å². The van der Waals surface area contributed by atoms with Crippen molar-refractivity contribution >= 4 is 17.0 Å². The van der Waals surface area contributed by atoms with Gasteiger partial charge in [-0.05, 0) is 31.4 Å². The molecule has 0 aliphatic heterocycles. The lowest BCUT2D eigenvalue weighted by atomic mass is 10.2. The van der Waals surface area contributed by atoms with Crippen molar-refractivity contribution in [2.24, 2.45) is 0 Å². The quantitative estimate of drug-likeness (QED) is 0.757. The van der Waals surface area contributed by atoms with Crippen LogP contribution >= 0.6 is 0 Å². The van der Waals surface area contributed by atoms with Gasteiger partial charge in [-0.15, -0.1) is 0 Å². The number of nitrogens with one attached hydrogen (secondary N) is 1. The predicted molar refractivity (Wildman–Crippen MR) is 75.2 cm³/mol. The largest absolute Gasteiger partial charge is 0.478 e. The van der Waals surface area contributed by atoms with Gasteiger partial charge < -0.3 is 14.8 Å². The number of nitrogens with zero attached hydrogens (tertiary/aromatic N) is 1. The van der Waals surface area contributed by atoms with E-state index in [1.54, 1.807) is 23.8 Å². The van der Waals surface area contributed by atoms with Gasteiger partial charge in [-0.1, -0.05) is 6.07 Å². The van der Waals surface area contributed by atoms with Crippen LogP contribution in [0.4, 0.5) is 0 Å². The van der Waals surface area contributed by atoms with E-state index in [2.05, 4.69) is 4.98 Å². The number of aryl methyl sites for hydroxylation is 1. The van der Waals surface area contributed by atoms with E-state index >= 15 is 0 Å².